The largest absolute Gasteiger partial charge is 0.492 e. The van der Waals surface area contributed by atoms with E-state index in [0.29, 0.717) is 50.7 Å². The second-order valence-corrected chi connectivity index (χ2v) is 15.7. The molecule has 5 rings (SSSR count). The van der Waals surface area contributed by atoms with Crippen LogP contribution in [0.1, 0.15) is 71.8 Å². The Morgan fingerprint density at radius 3 is 2.23 bits per heavy atom. The predicted octanol–water partition coefficient (Wildman–Crippen LogP) is 1.97. The molecule has 0 fully saturated rings. The summed E-state index contributed by atoms with van der Waals surface area (Å²) in [6, 6.07) is 12.3. The monoisotopic (exact) mass is 889 g/mol. The van der Waals surface area contributed by atoms with Crippen molar-refractivity contribution in [2.24, 2.45) is 17.2 Å². The molecule has 2 heterocycles. The van der Waals surface area contributed by atoms with Crippen molar-refractivity contribution in [1.29, 1.82) is 5.26 Å². The van der Waals surface area contributed by atoms with Gasteiger partial charge >= 0.3 is 0 Å². The number of hydrogen-bond acceptors (Lipinski definition) is 13. The topological polar surface area (TPSA) is 283 Å². The quantitative estimate of drug-likeness (QED) is 0.0705. The lowest BCUT2D eigenvalue weighted by molar-refractivity contribution is -0.141. The van der Waals surface area contributed by atoms with Crippen molar-refractivity contribution >= 4 is 29.5 Å². The fraction of sp³-hybridized carbons (Fsp3) is 0.404. The maximum absolute atomic E-state index is 14.6. The zero-order valence-electron chi connectivity index (χ0n) is 37.3. The van der Waals surface area contributed by atoms with Crippen LogP contribution < -0.4 is 47.9 Å². The minimum absolute atomic E-state index is 0.00566. The molecule has 0 radical (unpaired) electrons. The maximum atomic E-state index is 14.6. The minimum Gasteiger partial charge on any atom is -0.492 e. The fourth-order valence-electron chi connectivity index (χ4n) is 7.44. The molecule has 0 unspecified atom stereocenters. The van der Waals surface area contributed by atoms with Gasteiger partial charge in [-0.2, -0.15) is 5.26 Å². The SMILES string of the molecule is CCCCc1cnc(-c2ccc(C(=O)N[C@@H](CCN)C(=O)N(C)[C@@H]3C(=O)N[C@@H](C)C(=O)N[C@H](C(=O)NCC#N)Cc4ccc(OCCN)c(c4)-c4cc3ccc4OCCN)c(C)c2)nc1. The number of carbonyl (C=O) groups is 5. The molecular formula is C47H59N11O7. The molecule has 4 bridgehead atoms. The van der Waals surface area contributed by atoms with E-state index >= 15 is 0 Å². The highest BCUT2D eigenvalue weighted by Crippen LogP contribution is 2.40. The highest BCUT2D eigenvalue weighted by molar-refractivity contribution is 6.00. The number of carbonyl (C=O) groups excluding carboxylic acids is 5. The highest BCUT2D eigenvalue weighted by Gasteiger charge is 2.36. The van der Waals surface area contributed by atoms with Gasteiger partial charge in [0.05, 0.1) is 6.07 Å². The van der Waals surface area contributed by atoms with Crippen LogP contribution >= 0.6 is 0 Å². The minimum atomic E-state index is -1.39. The normalized spacial score (nSPS) is 16.4. The first-order valence-corrected chi connectivity index (χ1v) is 21.7. The van der Waals surface area contributed by atoms with Crippen molar-refractivity contribution in [2.75, 3.05) is 46.4 Å². The lowest BCUT2D eigenvalue weighted by Gasteiger charge is -2.32. The van der Waals surface area contributed by atoms with E-state index in [-0.39, 0.29) is 52.2 Å². The van der Waals surface area contributed by atoms with Crippen LogP contribution in [0.15, 0.2) is 67.0 Å². The molecule has 0 aliphatic carbocycles. The molecule has 4 atom stereocenters. The van der Waals surface area contributed by atoms with Gasteiger partial charge in [0, 0.05) is 61.2 Å². The summed E-state index contributed by atoms with van der Waals surface area (Å²) in [5, 5.41) is 19.9. The molecule has 1 aromatic heterocycles. The number of ether oxygens (including phenoxy) is 2. The maximum Gasteiger partial charge on any atom is 0.252 e. The van der Waals surface area contributed by atoms with Gasteiger partial charge in [0.1, 0.15) is 55.4 Å². The Bertz CT molecular complexity index is 2370. The molecule has 0 spiro atoms. The second-order valence-electron chi connectivity index (χ2n) is 15.7. The first kappa shape index (κ1) is 49.1. The van der Waals surface area contributed by atoms with E-state index < -0.39 is 53.7 Å². The Morgan fingerprint density at radius 1 is 0.923 bits per heavy atom. The summed E-state index contributed by atoms with van der Waals surface area (Å²) in [7, 11) is 1.42. The first-order chi connectivity index (χ1) is 31.3. The summed E-state index contributed by atoms with van der Waals surface area (Å²) in [4.78, 5) is 80.4. The molecule has 1 aliphatic rings. The van der Waals surface area contributed by atoms with E-state index in [1.807, 2.05) is 6.07 Å². The third-order valence-electron chi connectivity index (χ3n) is 10.9. The van der Waals surface area contributed by atoms with Crippen LogP contribution in [-0.2, 0) is 32.0 Å². The van der Waals surface area contributed by atoms with Crippen LogP contribution in [0.3, 0.4) is 0 Å². The number of aryl methyl sites for hydroxylation is 2. The smallest absolute Gasteiger partial charge is 0.252 e. The number of hydrogen-bond donors (Lipinski definition) is 7. The van der Waals surface area contributed by atoms with Crippen molar-refractivity contribution in [3.63, 3.8) is 0 Å². The van der Waals surface area contributed by atoms with Crippen molar-refractivity contribution in [2.45, 2.75) is 77.0 Å². The van der Waals surface area contributed by atoms with E-state index in [4.69, 9.17) is 31.9 Å². The molecule has 344 valence electrons. The lowest BCUT2D eigenvalue weighted by atomic mass is 9.93. The van der Waals surface area contributed by atoms with Crippen molar-refractivity contribution < 1.29 is 33.4 Å². The Morgan fingerprint density at radius 2 is 1.60 bits per heavy atom. The number of unbranched alkanes of at least 4 members (excludes halogenated alkanes) is 1. The number of nitrogens with zero attached hydrogens (tertiary/aromatic N) is 4. The van der Waals surface area contributed by atoms with Crippen molar-refractivity contribution in [1.82, 2.24) is 36.1 Å². The number of rotatable bonds is 18. The number of aromatic nitrogens is 2. The fourth-order valence-corrected chi connectivity index (χ4v) is 7.44. The first-order valence-electron chi connectivity index (χ1n) is 21.7. The molecule has 3 aromatic carbocycles. The van der Waals surface area contributed by atoms with Crippen LogP contribution in [0.2, 0.25) is 0 Å². The predicted molar refractivity (Wildman–Crippen MR) is 244 cm³/mol. The number of benzene rings is 3. The summed E-state index contributed by atoms with van der Waals surface area (Å²) in [6.45, 7) is 5.75. The summed E-state index contributed by atoms with van der Waals surface area (Å²) in [5.41, 5.74) is 22.3. The van der Waals surface area contributed by atoms with E-state index in [9.17, 15) is 24.0 Å². The molecule has 5 amide bonds. The van der Waals surface area contributed by atoms with Gasteiger partial charge in [-0.05, 0) is 98.3 Å². The van der Waals surface area contributed by atoms with E-state index in [2.05, 4.69) is 38.2 Å². The van der Waals surface area contributed by atoms with Gasteiger partial charge in [-0.25, -0.2) is 9.97 Å². The average molecular weight is 890 g/mol. The summed E-state index contributed by atoms with van der Waals surface area (Å²) >= 11 is 0. The Labute approximate surface area is 379 Å². The molecule has 0 saturated carbocycles. The van der Waals surface area contributed by atoms with Crippen molar-refractivity contribution in [3.8, 4) is 40.1 Å². The highest BCUT2D eigenvalue weighted by atomic mass is 16.5. The third-order valence-corrected chi connectivity index (χ3v) is 10.9. The molecule has 10 N–H and O–H groups in total. The standard InChI is InChI=1S/C47H59N11O7/c1-5-6-7-31-26-53-42(54-27-31)33-9-11-34(28(2)22-33)44(60)56-37(14-15-48)47(63)58(4)41-32-10-13-40(65-21-18-51)36(25-32)35-23-30(8-12-39(35)64-20-17-50)24-38(45(61)52-19-16-49)57-43(59)29(3)55-46(41)62/h8-13,22-23,25-27,29,37-38,41H,5-7,14-15,17-21,24,48,50-51H2,1-4H3,(H,52,61)(H,55,62)(H,56,60)(H,57,59)/t29-,37-,38-,41-/m0/s1. The van der Waals surface area contributed by atoms with Gasteiger partial charge in [-0.1, -0.05) is 31.5 Å². The molecule has 18 nitrogen and oxygen atoms in total. The number of fused-ring (bicyclic) bond motifs is 5. The van der Waals surface area contributed by atoms with Crippen LogP contribution in [-0.4, -0.2) is 109 Å². The van der Waals surface area contributed by atoms with Crippen LogP contribution in [0, 0.1) is 18.3 Å². The second kappa shape index (κ2) is 23.7. The summed E-state index contributed by atoms with van der Waals surface area (Å²) < 4.78 is 12.2. The van der Waals surface area contributed by atoms with E-state index in [0.717, 1.165) is 30.4 Å². The Balaban J connectivity index is 1.54. The number of likely N-dealkylation sites (N-methyl/N-ethyl adjacent to an activating group) is 1. The zero-order chi connectivity index (χ0) is 47.0. The van der Waals surface area contributed by atoms with Crippen LogP contribution in [0.25, 0.3) is 22.5 Å². The van der Waals surface area contributed by atoms with E-state index in [1.54, 1.807) is 73.9 Å². The number of nitriles is 1. The molecule has 4 aromatic rings. The molecule has 65 heavy (non-hydrogen) atoms. The summed E-state index contributed by atoms with van der Waals surface area (Å²) in [5.74, 6) is -1.93. The molecule has 1 aliphatic heterocycles. The Kier molecular flexibility index (Phi) is 17.9. The zero-order valence-corrected chi connectivity index (χ0v) is 37.3. The molecule has 18 heteroatoms. The number of nitrogens with one attached hydrogen (secondary N) is 4. The lowest BCUT2D eigenvalue weighted by Crippen LogP contribution is -2.56. The van der Waals surface area contributed by atoms with Crippen LogP contribution in [0.5, 0.6) is 11.5 Å². The van der Waals surface area contributed by atoms with Gasteiger partial charge < -0.3 is 52.8 Å². The molecular weight excluding hydrogens is 831 g/mol. The summed E-state index contributed by atoms with van der Waals surface area (Å²) in [6.07, 6.45) is 6.63. The Hall–Kier alpha value is -6.94. The van der Waals surface area contributed by atoms with Gasteiger partial charge in [0.2, 0.25) is 23.6 Å². The van der Waals surface area contributed by atoms with Gasteiger partial charge in [0.25, 0.3) is 5.91 Å². The number of nitrogens with two attached hydrogens (primary N) is 3. The van der Waals surface area contributed by atoms with E-state index in [1.165, 1.54) is 18.9 Å². The third kappa shape index (κ3) is 12.6. The van der Waals surface area contributed by atoms with Gasteiger partial charge in [0.15, 0.2) is 5.82 Å². The average Bonchev–Trinajstić information content (AvgIpc) is 3.30. The number of amides is 5. The molecule has 0 saturated heterocycles. The van der Waals surface area contributed by atoms with Crippen molar-refractivity contribution in [3.05, 3.63) is 94.8 Å². The van der Waals surface area contributed by atoms with Gasteiger partial charge in [-0.3, -0.25) is 24.0 Å². The van der Waals surface area contributed by atoms with Gasteiger partial charge in [-0.15, -0.1) is 0 Å². The van der Waals surface area contributed by atoms with Crippen LogP contribution in [0.4, 0.5) is 0 Å².